The van der Waals surface area contributed by atoms with Crippen molar-refractivity contribution in [1.29, 1.82) is 0 Å². The number of hydrogen-bond acceptors (Lipinski definition) is 2. The lowest BCUT2D eigenvalue weighted by atomic mass is 10.1. The minimum atomic E-state index is -0.599. The van der Waals surface area contributed by atoms with E-state index in [1.807, 2.05) is 48.8 Å². The zero-order chi connectivity index (χ0) is 11.0. The maximum absolute atomic E-state index is 9.92. The summed E-state index contributed by atoms with van der Waals surface area (Å²) >= 11 is 0. The summed E-state index contributed by atoms with van der Waals surface area (Å²) < 4.78 is 2.01. The molecule has 0 aromatic carbocycles. The predicted octanol–water partition coefficient (Wildman–Crippen LogP) is 1.63. The lowest BCUT2D eigenvalue weighted by molar-refractivity contribution is 0.155. The summed E-state index contributed by atoms with van der Waals surface area (Å²) in [4.78, 5) is 0. The van der Waals surface area contributed by atoms with Crippen LogP contribution in [0.15, 0.2) is 30.6 Å². The summed E-state index contributed by atoms with van der Waals surface area (Å²) in [6.45, 7) is 3.85. The van der Waals surface area contributed by atoms with Crippen LogP contribution in [0.25, 0.3) is 5.52 Å². The van der Waals surface area contributed by atoms with E-state index in [1.54, 1.807) is 0 Å². The Bertz CT molecular complexity index is 473. The summed E-state index contributed by atoms with van der Waals surface area (Å²) in [6, 6.07) is 5.71. The van der Waals surface area contributed by atoms with Gasteiger partial charge in [-0.05, 0) is 31.5 Å². The molecule has 0 aliphatic rings. The van der Waals surface area contributed by atoms with Gasteiger partial charge >= 0.3 is 0 Å². The monoisotopic (exact) mass is 204 g/mol. The first-order valence-corrected chi connectivity index (χ1v) is 5.10. The highest BCUT2D eigenvalue weighted by Crippen LogP contribution is 2.22. The SMILES string of the molecule is Cc1ccc2c(C(O)C(C)N)ccn2c1. The van der Waals surface area contributed by atoms with Gasteiger partial charge in [-0.15, -0.1) is 0 Å². The standard InChI is InChI=1S/C12H16N2O/c1-8-3-4-11-10(12(15)9(2)13)5-6-14(11)7-8/h3-7,9,12,15H,13H2,1-2H3. The molecule has 0 bridgehead atoms. The highest BCUT2D eigenvalue weighted by molar-refractivity contribution is 5.57. The second-order valence-electron chi connectivity index (χ2n) is 4.07. The van der Waals surface area contributed by atoms with Crippen molar-refractivity contribution in [2.45, 2.75) is 26.0 Å². The zero-order valence-electron chi connectivity index (χ0n) is 9.01. The highest BCUT2D eigenvalue weighted by Gasteiger charge is 2.15. The van der Waals surface area contributed by atoms with E-state index in [-0.39, 0.29) is 6.04 Å². The molecule has 2 aromatic heterocycles. The second kappa shape index (κ2) is 3.68. The molecular weight excluding hydrogens is 188 g/mol. The number of nitrogens with zero attached hydrogens (tertiary/aromatic N) is 1. The van der Waals surface area contributed by atoms with Gasteiger partial charge < -0.3 is 15.2 Å². The Hall–Kier alpha value is -1.32. The van der Waals surface area contributed by atoms with Crippen molar-refractivity contribution < 1.29 is 5.11 Å². The molecule has 2 atom stereocenters. The molecular formula is C12H16N2O. The maximum atomic E-state index is 9.92. The second-order valence-corrected chi connectivity index (χ2v) is 4.07. The number of aromatic nitrogens is 1. The number of hydrogen-bond donors (Lipinski definition) is 2. The van der Waals surface area contributed by atoms with Crippen LogP contribution >= 0.6 is 0 Å². The third kappa shape index (κ3) is 1.76. The first-order chi connectivity index (χ1) is 7.09. The lowest BCUT2D eigenvalue weighted by Crippen LogP contribution is -2.24. The number of pyridine rings is 1. The quantitative estimate of drug-likeness (QED) is 0.781. The number of rotatable bonds is 2. The average Bonchev–Trinajstić information content (AvgIpc) is 2.59. The van der Waals surface area contributed by atoms with Gasteiger partial charge in [0.25, 0.3) is 0 Å². The molecule has 80 valence electrons. The van der Waals surface area contributed by atoms with Crippen molar-refractivity contribution in [1.82, 2.24) is 4.40 Å². The van der Waals surface area contributed by atoms with Gasteiger partial charge in [0.05, 0.1) is 11.6 Å². The van der Waals surface area contributed by atoms with Crippen molar-refractivity contribution >= 4 is 5.52 Å². The van der Waals surface area contributed by atoms with Crippen LogP contribution in [-0.4, -0.2) is 15.5 Å². The Balaban J connectivity index is 2.54. The Morgan fingerprint density at radius 3 is 2.73 bits per heavy atom. The third-order valence-electron chi connectivity index (χ3n) is 2.65. The summed E-state index contributed by atoms with van der Waals surface area (Å²) in [7, 11) is 0. The number of aryl methyl sites for hydroxylation is 1. The van der Waals surface area contributed by atoms with Gasteiger partial charge in [0.15, 0.2) is 0 Å². The van der Waals surface area contributed by atoms with Crippen LogP contribution < -0.4 is 5.73 Å². The smallest absolute Gasteiger partial charge is 0.0958 e. The predicted molar refractivity (Wildman–Crippen MR) is 60.7 cm³/mol. The normalized spacial score (nSPS) is 15.5. The first-order valence-electron chi connectivity index (χ1n) is 5.10. The van der Waals surface area contributed by atoms with Crippen LogP contribution in [0.3, 0.4) is 0 Å². The molecule has 2 rings (SSSR count). The minimum absolute atomic E-state index is 0.252. The molecule has 0 fully saturated rings. The van der Waals surface area contributed by atoms with Crippen LogP contribution in [-0.2, 0) is 0 Å². The number of nitrogens with two attached hydrogens (primary N) is 1. The van der Waals surface area contributed by atoms with Gasteiger partial charge in [0.1, 0.15) is 0 Å². The molecule has 3 heteroatoms. The fraction of sp³-hybridized carbons (Fsp3) is 0.333. The van der Waals surface area contributed by atoms with Gasteiger partial charge in [0.2, 0.25) is 0 Å². The van der Waals surface area contributed by atoms with E-state index in [4.69, 9.17) is 5.73 Å². The van der Waals surface area contributed by atoms with Crippen LogP contribution in [0.4, 0.5) is 0 Å². The van der Waals surface area contributed by atoms with Crippen molar-refractivity contribution in [2.24, 2.45) is 5.73 Å². The fourth-order valence-electron chi connectivity index (χ4n) is 1.78. The Morgan fingerprint density at radius 1 is 1.33 bits per heavy atom. The molecule has 0 amide bonds. The van der Waals surface area contributed by atoms with Gasteiger partial charge in [-0.25, -0.2) is 0 Å². The summed E-state index contributed by atoms with van der Waals surface area (Å²) in [5.41, 5.74) is 8.80. The van der Waals surface area contributed by atoms with Crippen LogP contribution in [0, 0.1) is 6.92 Å². The molecule has 3 nitrogen and oxygen atoms in total. The summed E-state index contributed by atoms with van der Waals surface area (Å²) in [6.07, 6.45) is 3.38. The molecule has 0 radical (unpaired) electrons. The van der Waals surface area contributed by atoms with Gasteiger partial charge in [0, 0.05) is 24.0 Å². The fourth-order valence-corrected chi connectivity index (χ4v) is 1.78. The number of aliphatic hydroxyl groups is 1. The Kier molecular flexibility index (Phi) is 2.50. The van der Waals surface area contributed by atoms with Gasteiger partial charge in [-0.1, -0.05) is 6.07 Å². The van der Waals surface area contributed by atoms with Crippen LogP contribution in [0.2, 0.25) is 0 Å². The lowest BCUT2D eigenvalue weighted by Gasteiger charge is -2.13. The number of fused-ring (bicyclic) bond motifs is 1. The van der Waals surface area contributed by atoms with E-state index >= 15 is 0 Å². The van der Waals surface area contributed by atoms with Gasteiger partial charge in [-0.2, -0.15) is 0 Å². The molecule has 0 aliphatic heterocycles. The molecule has 2 heterocycles. The molecule has 0 spiro atoms. The molecule has 2 unspecified atom stereocenters. The van der Waals surface area contributed by atoms with Crippen molar-refractivity contribution in [2.75, 3.05) is 0 Å². The molecule has 3 N–H and O–H groups in total. The van der Waals surface area contributed by atoms with Crippen molar-refractivity contribution in [3.8, 4) is 0 Å². The average molecular weight is 204 g/mol. The van der Waals surface area contributed by atoms with E-state index in [9.17, 15) is 5.11 Å². The summed E-state index contributed by atoms with van der Waals surface area (Å²) in [5, 5.41) is 9.92. The van der Waals surface area contributed by atoms with E-state index in [0.29, 0.717) is 0 Å². The summed E-state index contributed by atoms with van der Waals surface area (Å²) in [5.74, 6) is 0. The Morgan fingerprint density at radius 2 is 2.07 bits per heavy atom. The van der Waals surface area contributed by atoms with E-state index in [2.05, 4.69) is 0 Å². The van der Waals surface area contributed by atoms with E-state index in [1.165, 1.54) is 5.56 Å². The maximum Gasteiger partial charge on any atom is 0.0958 e. The Labute approximate surface area is 89.1 Å². The third-order valence-corrected chi connectivity index (χ3v) is 2.65. The van der Waals surface area contributed by atoms with Crippen LogP contribution in [0.5, 0.6) is 0 Å². The van der Waals surface area contributed by atoms with Crippen molar-refractivity contribution in [3.05, 3.63) is 41.7 Å². The first kappa shape index (κ1) is 10.2. The van der Waals surface area contributed by atoms with Crippen LogP contribution in [0.1, 0.15) is 24.2 Å². The van der Waals surface area contributed by atoms with E-state index < -0.39 is 6.10 Å². The minimum Gasteiger partial charge on any atom is -0.387 e. The zero-order valence-corrected chi connectivity index (χ0v) is 9.01. The molecule has 0 saturated carbocycles. The molecule has 0 aliphatic carbocycles. The van der Waals surface area contributed by atoms with E-state index in [0.717, 1.165) is 11.1 Å². The van der Waals surface area contributed by atoms with Crippen molar-refractivity contribution in [3.63, 3.8) is 0 Å². The number of aliphatic hydroxyl groups excluding tert-OH is 1. The molecule has 15 heavy (non-hydrogen) atoms. The molecule has 2 aromatic rings. The highest BCUT2D eigenvalue weighted by atomic mass is 16.3. The van der Waals surface area contributed by atoms with Gasteiger partial charge in [-0.3, -0.25) is 0 Å². The molecule has 0 saturated heterocycles. The largest absolute Gasteiger partial charge is 0.387 e. The topological polar surface area (TPSA) is 50.7 Å².